The van der Waals surface area contributed by atoms with E-state index in [-0.39, 0.29) is 5.78 Å². The summed E-state index contributed by atoms with van der Waals surface area (Å²) in [6.45, 7) is 0.767. The Morgan fingerprint density at radius 1 is 1.10 bits per heavy atom. The van der Waals surface area contributed by atoms with Crippen molar-refractivity contribution in [2.24, 2.45) is 0 Å². The lowest BCUT2D eigenvalue weighted by atomic mass is 10.1. The number of nitrogens with one attached hydrogen (secondary N) is 1. The molecule has 5 rings (SSSR count). The standard InChI is InChI=1S/C23H21N5O2/c1-28(2)13-14-10-25-23(26-11-14)22-21(18-7-8-24-12-20(18)30-22)27-16-4-5-17-15(9-16)3-6-19(17)29/h4-5,7-12,27H,3,6,13H2,1-2H3. The van der Waals surface area contributed by atoms with Gasteiger partial charge in [0.05, 0.1) is 11.9 Å². The van der Waals surface area contributed by atoms with E-state index in [1.165, 1.54) is 0 Å². The highest BCUT2D eigenvalue weighted by Crippen LogP contribution is 2.38. The lowest BCUT2D eigenvalue weighted by molar-refractivity contribution is 0.0994. The Hall–Kier alpha value is -3.58. The lowest BCUT2D eigenvalue weighted by Crippen LogP contribution is -2.11. The van der Waals surface area contributed by atoms with Crippen molar-refractivity contribution in [2.75, 3.05) is 19.4 Å². The molecule has 0 saturated carbocycles. The maximum absolute atomic E-state index is 11.9. The normalized spacial score (nSPS) is 13.2. The van der Waals surface area contributed by atoms with Crippen LogP contribution in [-0.4, -0.2) is 39.7 Å². The van der Waals surface area contributed by atoms with Gasteiger partial charge < -0.3 is 14.6 Å². The first kappa shape index (κ1) is 18.4. The lowest BCUT2D eigenvalue weighted by Gasteiger charge is -2.10. The second-order valence-electron chi connectivity index (χ2n) is 7.75. The second-order valence-corrected chi connectivity index (χ2v) is 7.75. The fraction of sp³-hybridized carbons (Fsp3) is 0.217. The van der Waals surface area contributed by atoms with Crippen LogP contribution in [0.1, 0.15) is 27.9 Å². The largest absolute Gasteiger partial charge is 0.449 e. The van der Waals surface area contributed by atoms with Crippen molar-refractivity contribution in [2.45, 2.75) is 19.4 Å². The molecule has 150 valence electrons. The summed E-state index contributed by atoms with van der Waals surface area (Å²) in [5, 5.41) is 4.36. The van der Waals surface area contributed by atoms with Crippen LogP contribution in [0.4, 0.5) is 11.4 Å². The highest BCUT2D eigenvalue weighted by Gasteiger charge is 2.22. The molecule has 0 unspecified atom stereocenters. The third-order valence-electron chi connectivity index (χ3n) is 5.20. The van der Waals surface area contributed by atoms with Gasteiger partial charge in [-0.15, -0.1) is 0 Å². The molecule has 1 aliphatic rings. The van der Waals surface area contributed by atoms with Crippen LogP contribution in [0.15, 0.2) is 53.5 Å². The Balaban J connectivity index is 1.55. The molecule has 1 N–H and O–H groups in total. The van der Waals surface area contributed by atoms with E-state index in [2.05, 4.69) is 25.2 Å². The van der Waals surface area contributed by atoms with Gasteiger partial charge in [-0.1, -0.05) is 0 Å². The number of ketones is 1. The van der Waals surface area contributed by atoms with Crippen molar-refractivity contribution in [1.82, 2.24) is 19.9 Å². The number of carbonyl (C=O) groups excluding carboxylic acids is 1. The van der Waals surface area contributed by atoms with Gasteiger partial charge >= 0.3 is 0 Å². The maximum atomic E-state index is 11.9. The summed E-state index contributed by atoms with van der Waals surface area (Å²) in [6.07, 6.45) is 8.42. The first-order chi connectivity index (χ1) is 14.6. The second kappa shape index (κ2) is 7.35. The Kier molecular flexibility index (Phi) is 4.52. The first-order valence-electron chi connectivity index (χ1n) is 9.84. The number of hydrogen-bond acceptors (Lipinski definition) is 7. The molecule has 4 aromatic rings. The zero-order valence-electron chi connectivity index (χ0n) is 16.8. The van der Waals surface area contributed by atoms with Crippen molar-refractivity contribution < 1.29 is 9.21 Å². The van der Waals surface area contributed by atoms with E-state index in [4.69, 9.17) is 4.42 Å². The van der Waals surface area contributed by atoms with Crippen LogP contribution >= 0.6 is 0 Å². The van der Waals surface area contributed by atoms with E-state index in [0.717, 1.165) is 46.4 Å². The highest BCUT2D eigenvalue weighted by atomic mass is 16.3. The molecule has 0 bridgehead atoms. The molecule has 1 aliphatic carbocycles. The van der Waals surface area contributed by atoms with E-state index in [0.29, 0.717) is 23.6 Å². The minimum atomic E-state index is 0.211. The summed E-state index contributed by atoms with van der Waals surface area (Å²) >= 11 is 0. The van der Waals surface area contributed by atoms with Gasteiger partial charge in [-0.2, -0.15) is 0 Å². The van der Waals surface area contributed by atoms with Crippen molar-refractivity contribution >= 4 is 28.1 Å². The molecular weight excluding hydrogens is 378 g/mol. The zero-order valence-corrected chi connectivity index (χ0v) is 16.8. The van der Waals surface area contributed by atoms with Gasteiger partial charge in [-0.3, -0.25) is 9.78 Å². The number of aromatic nitrogens is 3. The van der Waals surface area contributed by atoms with Crippen molar-refractivity contribution in [3.05, 3.63) is 65.7 Å². The number of anilines is 2. The summed E-state index contributed by atoms with van der Waals surface area (Å²) in [5.41, 5.74) is 5.27. The molecule has 0 fully saturated rings. The molecule has 0 radical (unpaired) electrons. The van der Waals surface area contributed by atoms with Crippen LogP contribution in [0.3, 0.4) is 0 Å². The molecule has 0 amide bonds. The van der Waals surface area contributed by atoms with Crippen LogP contribution in [0.25, 0.3) is 22.6 Å². The number of fused-ring (bicyclic) bond motifs is 2. The molecule has 0 aliphatic heterocycles. The molecule has 0 spiro atoms. The fourth-order valence-corrected chi connectivity index (χ4v) is 3.83. The highest BCUT2D eigenvalue weighted by molar-refractivity contribution is 6.02. The molecule has 30 heavy (non-hydrogen) atoms. The van der Waals surface area contributed by atoms with Crippen LogP contribution < -0.4 is 5.32 Å². The van der Waals surface area contributed by atoms with Gasteiger partial charge in [0, 0.05) is 53.8 Å². The molecule has 0 saturated heterocycles. The first-order valence-corrected chi connectivity index (χ1v) is 9.84. The number of furan rings is 1. The molecule has 3 heterocycles. The zero-order chi connectivity index (χ0) is 20.7. The number of benzene rings is 1. The summed E-state index contributed by atoms with van der Waals surface area (Å²) in [4.78, 5) is 27.2. The maximum Gasteiger partial charge on any atom is 0.197 e. The van der Waals surface area contributed by atoms with Gasteiger partial charge in [0.1, 0.15) is 0 Å². The number of aryl methyl sites for hydroxylation is 1. The summed E-state index contributed by atoms with van der Waals surface area (Å²) in [5.74, 6) is 1.28. The Morgan fingerprint density at radius 3 is 2.73 bits per heavy atom. The van der Waals surface area contributed by atoms with Gasteiger partial charge in [0.25, 0.3) is 0 Å². The Bertz CT molecular complexity index is 1240. The van der Waals surface area contributed by atoms with Gasteiger partial charge in [0.2, 0.25) is 0 Å². The molecule has 7 nitrogen and oxygen atoms in total. The van der Waals surface area contributed by atoms with Gasteiger partial charge in [-0.25, -0.2) is 9.97 Å². The molecule has 3 aromatic heterocycles. The van der Waals surface area contributed by atoms with E-state index in [1.807, 2.05) is 50.8 Å². The van der Waals surface area contributed by atoms with E-state index in [1.54, 1.807) is 12.4 Å². The number of Topliss-reactive ketones (excluding diaryl/α,β-unsaturated/α-hetero) is 1. The minimum Gasteiger partial charge on any atom is -0.449 e. The molecule has 7 heteroatoms. The summed E-state index contributed by atoms with van der Waals surface area (Å²) < 4.78 is 6.07. The fourth-order valence-electron chi connectivity index (χ4n) is 3.83. The summed E-state index contributed by atoms with van der Waals surface area (Å²) in [6, 6.07) is 7.75. The number of pyridine rings is 1. The van der Waals surface area contributed by atoms with Crippen molar-refractivity contribution in [3.63, 3.8) is 0 Å². The van der Waals surface area contributed by atoms with Crippen molar-refractivity contribution in [1.29, 1.82) is 0 Å². The molecule has 1 aromatic carbocycles. The summed E-state index contributed by atoms with van der Waals surface area (Å²) in [7, 11) is 4.01. The van der Waals surface area contributed by atoms with Crippen molar-refractivity contribution in [3.8, 4) is 11.6 Å². The number of rotatable bonds is 5. The predicted molar refractivity (Wildman–Crippen MR) is 115 cm³/mol. The smallest absolute Gasteiger partial charge is 0.197 e. The van der Waals surface area contributed by atoms with E-state index in [9.17, 15) is 4.79 Å². The number of nitrogens with zero attached hydrogens (tertiary/aromatic N) is 4. The minimum absolute atomic E-state index is 0.211. The van der Waals surface area contributed by atoms with E-state index >= 15 is 0 Å². The number of carbonyl (C=O) groups is 1. The topological polar surface area (TPSA) is 84.2 Å². The van der Waals surface area contributed by atoms with Crippen LogP contribution in [-0.2, 0) is 13.0 Å². The predicted octanol–water partition coefficient (Wildman–Crippen LogP) is 4.22. The third-order valence-corrected chi connectivity index (χ3v) is 5.20. The Morgan fingerprint density at radius 2 is 1.93 bits per heavy atom. The number of hydrogen-bond donors (Lipinski definition) is 1. The van der Waals surface area contributed by atoms with Crippen LogP contribution in [0.2, 0.25) is 0 Å². The third kappa shape index (κ3) is 3.33. The van der Waals surface area contributed by atoms with Crippen LogP contribution in [0.5, 0.6) is 0 Å². The Labute approximate surface area is 173 Å². The average Bonchev–Trinajstić information content (AvgIpc) is 3.29. The van der Waals surface area contributed by atoms with Gasteiger partial charge in [-0.05, 0) is 50.3 Å². The monoisotopic (exact) mass is 399 g/mol. The SMILES string of the molecule is CN(C)Cc1cnc(-c2oc3cnccc3c2Nc2ccc3c(c2)CCC3=O)nc1. The molecular formula is C23H21N5O2. The van der Waals surface area contributed by atoms with Crippen LogP contribution in [0, 0.1) is 0 Å². The van der Waals surface area contributed by atoms with E-state index < -0.39 is 0 Å². The average molecular weight is 399 g/mol. The quantitative estimate of drug-likeness (QED) is 0.538. The molecule has 0 atom stereocenters. The van der Waals surface area contributed by atoms with Gasteiger partial charge in [0.15, 0.2) is 23.0 Å².